The van der Waals surface area contributed by atoms with Crippen molar-refractivity contribution in [3.63, 3.8) is 0 Å². The highest BCUT2D eigenvalue weighted by Crippen LogP contribution is 2.41. The Morgan fingerprint density at radius 3 is 2.57 bits per heavy atom. The Kier molecular flexibility index (Phi) is 4.06. The lowest BCUT2D eigenvalue weighted by Gasteiger charge is -2.36. The van der Waals surface area contributed by atoms with Gasteiger partial charge in [0.15, 0.2) is 11.5 Å². The largest absolute Gasteiger partial charge is 0.493 e. The first kappa shape index (κ1) is 14.6. The van der Waals surface area contributed by atoms with Crippen LogP contribution in [0.25, 0.3) is 0 Å². The van der Waals surface area contributed by atoms with Crippen LogP contribution in [0, 0.1) is 5.92 Å². The van der Waals surface area contributed by atoms with Crippen LogP contribution >= 0.6 is 0 Å². The van der Waals surface area contributed by atoms with E-state index in [-0.39, 0.29) is 6.10 Å². The molecule has 0 aromatic heterocycles. The van der Waals surface area contributed by atoms with Crippen molar-refractivity contribution in [2.45, 2.75) is 43.9 Å². The van der Waals surface area contributed by atoms with Crippen molar-refractivity contribution in [3.05, 3.63) is 23.8 Å². The van der Waals surface area contributed by atoms with Gasteiger partial charge in [-0.3, -0.25) is 10.9 Å². The second-order valence-electron chi connectivity index (χ2n) is 6.11. The van der Waals surface area contributed by atoms with Gasteiger partial charge in [-0.25, -0.2) is 0 Å². The Labute approximate surface area is 125 Å². The molecule has 1 saturated heterocycles. The fraction of sp³-hybridized carbons (Fsp3) is 0.625. The van der Waals surface area contributed by atoms with Crippen molar-refractivity contribution in [2.75, 3.05) is 14.2 Å². The zero-order valence-corrected chi connectivity index (χ0v) is 12.8. The highest BCUT2D eigenvalue weighted by atomic mass is 16.5. The molecule has 0 radical (unpaired) electrons. The summed E-state index contributed by atoms with van der Waals surface area (Å²) in [5.41, 5.74) is 7.77. The highest BCUT2D eigenvalue weighted by molar-refractivity contribution is 5.44. The molecule has 0 spiro atoms. The van der Waals surface area contributed by atoms with Crippen LogP contribution in [0.1, 0.15) is 31.2 Å². The number of hydrogen-bond donors (Lipinski definition) is 3. The number of fused-ring (bicyclic) bond motifs is 1. The Hall–Kier alpha value is -1.30. The van der Waals surface area contributed by atoms with E-state index >= 15 is 0 Å². The van der Waals surface area contributed by atoms with Gasteiger partial charge in [0, 0.05) is 18.0 Å². The molecule has 1 heterocycles. The van der Waals surface area contributed by atoms with E-state index < -0.39 is 0 Å². The van der Waals surface area contributed by atoms with Crippen molar-refractivity contribution < 1.29 is 14.6 Å². The summed E-state index contributed by atoms with van der Waals surface area (Å²) in [6.07, 6.45) is 1.54. The van der Waals surface area contributed by atoms with Crippen LogP contribution in [0.5, 0.6) is 11.5 Å². The van der Waals surface area contributed by atoms with Gasteiger partial charge >= 0.3 is 0 Å². The van der Waals surface area contributed by atoms with Gasteiger partial charge in [0.05, 0.1) is 20.3 Å². The van der Waals surface area contributed by atoms with Crippen molar-refractivity contribution in [2.24, 2.45) is 5.92 Å². The molecule has 5 unspecified atom stereocenters. The van der Waals surface area contributed by atoms with Crippen molar-refractivity contribution >= 4 is 0 Å². The van der Waals surface area contributed by atoms with E-state index in [1.807, 2.05) is 12.1 Å². The predicted molar refractivity (Wildman–Crippen MR) is 80.5 cm³/mol. The normalized spacial score (nSPS) is 35.3. The molecule has 0 amide bonds. The van der Waals surface area contributed by atoms with E-state index in [1.165, 1.54) is 5.56 Å². The lowest BCUT2D eigenvalue weighted by Crippen LogP contribution is -2.43. The number of hydrogen-bond acceptors (Lipinski definition) is 5. The molecular weight excluding hydrogens is 268 g/mol. The second-order valence-corrected chi connectivity index (χ2v) is 6.11. The first-order valence-corrected chi connectivity index (χ1v) is 7.55. The topological polar surface area (TPSA) is 62.8 Å². The van der Waals surface area contributed by atoms with Crippen LogP contribution in [-0.4, -0.2) is 37.5 Å². The summed E-state index contributed by atoms with van der Waals surface area (Å²) in [7, 11) is 3.29. The average Bonchev–Trinajstić information content (AvgIpc) is 2.88. The van der Waals surface area contributed by atoms with Crippen molar-refractivity contribution in [1.82, 2.24) is 10.9 Å². The van der Waals surface area contributed by atoms with Gasteiger partial charge in [-0.15, -0.1) is 0 Å². The maximum Gasteiger partial charge on any atom is 0.160 e. The van der Waals surface area contributed by atoms with Crippen LogP contribution in [0.2, 0.25) is 0 Å². The number of benzene rings is 1. The zero-order chi connectivity index (χ0) is 15.0. The van der Waals surface area contributed by atoms with E-state index in [2.05, 4.69) is 23.8 Å². The predicted octanol–water partition coefficient (Wildman–Crippen LogP) is 1.42. The monoisotopic (exact) mass is 292 g/mol. The lowest BCUT2D eigenvalue weighted by atomic mass is 9.72. The minimum absolute atomic E-state index is 0.278. The first-order valence-electron chi connectivity index (χ1n) is 7.55. The third kappa shape index (κ3) is 2.61. The Balaban J connectivity index is 1.82. The molecule has 0 bridgehead atoms. The quantitative estimate of drug-likeness (QED) is 0.786. The molecule has 1 aliphatic heterocycles. The summed E-state index contributed by atoms with van der Waals surface area (Å²) < 4.78 is 10.7. The van der Waals surface area contributed by atoms with Crippen LogP contribution < -0.4 is 20.3 Å². The molecule has 5 atom stereocenters. The van der Waals surface area contributed by atoms with E-state index in [9.17, 15) is 5.11 Å². The van der Waals surface area contributed by atoms with Crippen LogP contribution in [0.4, 0.5) is 0 Å². The fourth-order valence-corrected chi connectivity index (χ4v) is 3.83. The molecule has 1 saturated carbocycles. The smallest absolute Gasteiger partial charge is 0.160 e. The second kappa shape index (κ2) is 5.83. The standard InChI is InChI=1S/C16H24N2O3/c1-9-16-12(18-17-9)6-11(7-13(16)19)10-4-5-14(20-2)15(8-10)21-3/h4-5,8-9,11-13,16-19H,6-7H2,1-3H3. The van der Waals surface area contributed by atoms with Crippen LogP contribution in [0.15, 0.2) is 18.2 Å². The third-order valence-corrected chi connectivity index (χ3v) is 4.93. The fourth-order valence-electron chi connectivity index (χ4n) is 3.83. The number of methoxy groups -OCH3 is 2. The van der Waals surface area contributed by atoms with Gasteiger partial charge in [0.1, 0.15) is 0 Å². The van der Waals surface area contributed by atoms with Gasteiger partial charge in [-0.2, -0.15) is 0 Å². The summed E-state index contributed by atoms with van der Waals surface area (Å²) in [6, 6.07) is 6.68. The Morgan fingerprint density at radius 2 is 1.86 bits per heavy atom. The van der Waals surface area contributed by atoms with E-state index in [4.69, 9.17) is 9.47 Å². The molecular formula is C16H24N2O3. The molecule has 3 N–H and O–H groups in total. The van der Waals surface area contributed by atoms with Crippen molar-refractivity contribution in [1.29, 1.82) is 0 Å². The zero-order valence-electron chi connectivity index (χ0n) is 12.8. The molecule has 1 aromatic carbocycles. The van der Waals surface area contributed by atoms with E-state index in [0.29, 0.717) is 23.9 Å². The number of nitrogens with one attached hydrogen (secondary N) is 2. The number of ether oxygens (including phenoxy) is 2. The molecule has 5 heteroatoms. The van der Waals surface area contributed by atoms with E-state index in [1.54, 1.807) is 14.2 Å². The molecule has 21 heavy (non-hydrogen) atoms. The summed E-state index contributed by atoms with van der Waals surface area (Å²) in [5.74, 6) is 2.12. The Morgan fingerprint density at radius 1 is 1.10 bits per heavy atom. The first-order chi connectivity index (χ1) is 10.1. The van der Waals surface area contributed by atoms with Gasteiger partial charge in [-0.05, 0) is 43.4 Å². The van der Waals surface area contributed by atoms with Gasteiger partial charge in [0.25, 0.3) is 0 Å². The number of rotatable bonds is 3. The van der Waals surface area contributed by atoms with Crippen molar-refractivity contribution in [3.8, 4) is 11.5 Å². The summed E-state index contributed by atoms with van der Waals surface area (Å²) in [4.78, 5) is 0. The minimum atomic E-state index is -0.278. The summed E-state index contributed by atoms with van der Waals surface area (Å²) in [6.45, 7) is 2.12. The number of hydrazine groups is 1. The SMILES string of the molecule is COc1ccc(C2CC(O)C3C(C)NNC3C2)cc1OC. The maximum absolute atomic E-state index is 10.5. The molecule has 3 rings (SSSR count). The molecule has 116 valence electrons. The van der Waals surface area contributed by atoms with Gasteiger partial charge in [-0.1, -0.05) is 6.07 Å². The summed E-state index contributed by atoms with van der Waals surface area (Å²) >= 11 is 0. The average molecular weight is 292 g/mol. The van der Waals surface area contributed by atoms with E-state index in [0.717, 1.165) is 24.3 Å². The molecule has 1 aromatic rings. The third-order valence-electron chi connectivity index (χ3n) is 4.93. The molecule has 2 aliphatic rings. The maximum atomic E-state index is 10.5. The minimum Gasteiger partial charge on any atom is -0.493 e. The molecule has 1 aliphatic carbocycles. The number of aliphatic hydroxyl groups excluding tert-OH is 1. The Bertz CT molecular complexity index is 508. The molecule has 2 fully saturated rings. The van der Waals surface area contributed by atoms with Crippen LogP contribution in [0.3, 0.4) is 0 Å². The van der Waals surface area contributed by atoms with Gasteiger partial charge in [0.2, 0.25) is 0 Å². The number of aliphatic hydroxyl groups is 1. The highest BCUT2D eigenvalue weighted by Gasteiger charge is 2.43. The van der Waals surface area contributed by atoms with Crippen LogP contribution in [-0.2, 0) is 0 Å². The summed E-state index contributed by atoms with van der Waals surface area (Å²) in [5, 5.41) is 10.5. The van der Waals surface area contributed by atoms with Gasteiger partial charge < -0.3 is 14.6 Å². The molecule has 5 nitrogen and oxygen atoms in total. The lowest BCUT2D eigenvalue weighted by molar-refractivity contribution is 0.0498.